The molecule has 1 aliphatic heterocycles. The van der Waals surface area contributed by atoms with Gasteiger partial charge in [-0.15, -0.1) is 24.0 Å². The van der Waals surface area contributed by atoms with E-state index in [1.54, 1.807) is 0 Å². The van der Waals surface area contributed by atoms with Gasteiger partial charge in [0.1, 0.15) is 5.75 Å². The third kappa shape index (κ3) is 11.6. The number of halogens is 1. The number of hydrogen-bond acceptors (Lipinski definition) is 4. The normalized spacial score (nSPS) is 15.1. The molecule has 1 heterocycles. The van der Waals surface area contributed by atoms with Gasteiger partial charge in [-0.05, 0) is 63.6 Å². The van der Waals surface area contributed by atoms with E-state index in [1.165, 1.54) is 0 Å². The van der Waals surface area contributed by atoms with Crippen molar-refractivity contribution in [2.75, 3.05) is 39.5 Å². The second-order valence-electron chi connectivity index (χ2n) is 7.42. The lowest BCUT2D eigenvalue weighted by molar-refractivity contribution is 0.0203. The topological polar surface area (TPSA) is 64.1 Å². The van der Waals surface area contributed by atoms with Gasteiger partial charge in [0.25, 0.3) is 0 Å². The molecule has 0 atom stereocenters. The molecule has 2 rings (SSSR count). The highest BCUT2D eigenvalue weighted by atomic mass is 127. The lowest BCUT2D eigenvalue weighted by Crippen LogP contribution is -2.38. The standard InChI is InChI=1S/C22H37N3O3.HI/c1-4-23-22(24-11-6-12-27-17-19-9-13-26-14-10-19)25-16-20-7-5-8-21(15-20)28-18(2)3;/h5,7-8,15,18-19H,4,6,9-14,16-17H2,1-3H3,(H2,23,24,25);1H. The highest BCUT2D eigenvalue weighted by Gasteiger charge is 2.13. The Kier molecular flexibility index (Phi) is 14.1. The SMILES string of the molecule is CCNC(=NCc1cccc(OC(C)C)c1)NCCCOCC1CCOCC1.I. The Bertz CT molecular complexity index is 578. The number of nitrogens with one attached hydrogen (secondary N) is 2. The van der Waals surface area contributed by atoms with Crippen LogP contribution >= 0.6 is 24.0 Å². The summed E-state index contributed by atoms with van der Waals surface area (Å²) >= 11 is 0. The molecule has 166 valence electrons. The molecule has 0 aliphatic carbocycles. The molecule has 1 saturated heterocycles. The van der Waals surface area contributed by atoms with Crippen molar-refractivity contribution in [1.82, 2.24) is 10.6 Å². The molecule has 2 N–H and O–H groups in total. The van der Waals surface area contributed by atoms with Gasteiger partial charge >= 0.3 is 0 Å². The maximum atomic E-state index is 5.82. The maximum Gasteiger partial charge on any atom is 0.191 e. The largest absolute Gasteiger partial charge is 0.491 e. The van der Waals surface area contributed by atoms with E-state index >= 15 is 0 Å². The van der Waals surface area contributed by atoms with E-state index < -0.39 is 0 Å². The summed E-state index contributed by atoms with van der Waals surface area (Å²) in [6.45, 7) is 11.8. The van der Waals surface area contributed by atoms with Crippen molar-refractivity contribution in [3.63, 3.8) is 0 Å². The van der Waals surface area contributed by atoms with E-state index in [4.69, 9.17) is 14.2 Å². The van der Waals surface area contributed by atoms with Crippen molar-refractivity contribution < 1.29 is 14.2 Å². The van der Waals surface area contributed by atoms with Crippen LogP contribution in [0.25, 0.3) is 0 Å². The fraction of sp³-hybridized carbons (Fsp3) is 0.682. The Balaban J connectivity index is 0.00000420. The van der Waals surface area contributed by atoms with Crippen molar-refractivity contribution in [3.8, 4) is 5.75 Å². The number of nitrogens with zero attached hydrogens (tertiary/aromatic N) is 1. The smallest absolute Gasteiger partial charge is 0.191 e. The zero-order chi connectivity index (χ0) is 20.0. The Morgan fingerprint density at radius 2 is 2.03 bits per heavy atom. The molecule has 1 aromatic rings. The zero-order valence-electron chi connectivity index (χ0n) is 18.1. The number of rotatable bonds is 11. The van der Waals surface area contributed by atoms with Crippen LogP contribution in [0.4, 0.5) is 0 Å². The number of guanidine groups is 1. The monoisotopic (exact) mass is 519 g/mol. The van der Waals surface area contributed by atoms with Gasteiger partial charge in [0, 0.05) is 39.5 Å². The minimum absolute atomic E-state index is 0. The molecule has 0 amide bonds. The lowest BCUT2D eigenvalue weighted by atomic mass is 10.0. The van der Waals surface area contributed by atoms with Crippen LogP contribution in [-0.4, -0.2) is 51.6 Å². The van der Waals surface area contributed by atoms with E-state index in [0.717, 1.165) is 76.1 Å². The summed E-state index contributed by atoms with van der Waals surface area (Å²) in [7, 11) is 0. The third-order valence-corrected chi connectivity index (χ3v) is 4.49. The van der Waals surface area contributed by atoms with Crippen LogP contribution in [0.15, 0.2) is 29.3 Å². The quantitative estimate of drug-likeness (QED) is 0.201. The summed E-state index contributed by atoms with van der Waals surface area (Å²) in [6.07, 6.45) is 3.38. The van der Waals surface area contributed by atoms with Crippen LogP contribution in [0.1, 0.15) is 45.6 Å². The molecule has 0 saturated carbocycles. The predicted molar refractivity (Wildman–Crippen MR) is 129 cm³/mol. The van der Waals surface area contributed by atoms with Gasteiger partial charge in [0.05, 0.1) is 12.6 Å². The van der Waals surface area contributed by atoms with E-state index in [2.05, 4.69) is 34.7 Å². The number of aliphatic imine (C=N–C) groups is 1. The first kappa shape index (κ1) is 26.0. The van der Waals surface area contributed by atoms with E-state index in [0.29, 0.717) is 12.5 Å². The van der Waals surface area contributed by atoms with Gasteiger partial charge in [-0.25, -0.2) is 4.99 Å². The fourth-order valence-corrected chi connectivity index (χ4v) is 3.05. The molecule has 0 bridgehead atoms. The second kappa shape index (κ2) is 15.7. The minimum Gasteiger partial charge on any atom is -0.491 e. The van der Waals surface area contributed by atoms with Crippen molar-refractivity contribution in [1.29, 1.82) is 0 Å². The Labute approximate surface area is 193 Å². The molecule has 0 unspecified atom stereocenters. The van der Waals surface area contributed by atoms with Gasteiger partial charge in [-0.2, -0.15) is 0 Å². The molecule has 7 heteroatoms. The molecular weight excluding hydrogens is 481 g/mol. The summed E-state index contributed by atoms with van der Waals surface area (Å²) in [5, 5.41) is 6.68. The number of benzene rings is 1. The first-order valence-electron chi connectivity index (χ1n) is 10.6. The van der Waals surface area contributed by atoms with Crippen LogP contribution in [0.5, 0.6) is 5.75 Å². The molecule has 1 aliphatic rings. The summed E-state index contributed by atoms with van der Waals surface area (Å²) in [4.78, 5) is 4.68. The molecular formula is C22H38IN3O3. The average Bonchev–Trinajstić information content (AvgIpc) is 2.69. The third-order valence-electron chi connectivity index (χ3n) is 4.49. The van der Waals surface area contributed by atoms with Crippen LogP contribution in [0.3, 0.4) is 0 Å². The predicted octanol–water partition coefficient (Wildman–Crippen LogP) is 3.98. The average molecular weight is 519 g/mol. The van der Waals surface area contributed by atoms with Crippen LogP contribution in [0, 0.1) is 5.92 Å². The highest BCUT2D eigenvalue weighted by molar-refractivity contribution is 14.0. The van der Waals surface area contributed by atoms with E-state index in [1.807, 2.05) is 26.0 Å². The van der Waals surface area contributed by atoms with Crippen LogP contribution in [-0.2, 0) is 16.0 Å². The molecule has 0 radical (unpaired) electrons. The van der Waals surface area contributed by atoms with Crippen molar-refractivity contribution in [2.45, 2.75) is 52.7 Å². The van der Waals surface area contributed by atoms with Gasteiger partial charge in [-0.3, -0.25) is 0 Å². The van der Waals surface area contributed by atoms with E-state index in [-0.39, 0.29) is 30.1 Å². The minimum atomic E-state index is 0. The fourth-order valence-electron chi connectivity index (χ4n) is 3.05. The highest BCUT2D eigenvalue weighted by Crippen LogP contribution is 2.16. The Hall–Kier alpha value is -1.06. The van der Waals surface area contributed by atoms with Crippen molar-refractivity contribution in [3.05, 3.63) is 29.8 Å². The lowest BCUT2D eigenvalue weighted by Gasteiger charge is -2.21. The van der Waals surface area contributed by atoms with Crippen molar-refractivity contribution in [2.24, 2.45) is 10.9 Å². The Morgan fingerprint density at radius 3 is 2.76 bits per heavy atom. The van der Waals surface area contributed by atoms with Crippen LogP contribution < -0.4 is 15.4 Å². The molecule has 29 heavy (non-hydrogen) atoms. The van der Waals surface area contributed by atoms with Gasteiger partial charge in [-0.1, -0.05) is 12.1 Å². The zero-order valence-corrected chi connectivity index (χ0v) is 20.4. The van der Waals surface area contributed by atoms with Gasteiger partial charge < -0.3 is 24.8 Å². The van der Waals surface area contributed by atoms with Crippen LogP contribution in [0.2, 0.25) is 0 Å². The van der Waals surface area contributed by atoms with Gasteiger partial charge in [0.2, 0.25) is 0 Å². The number of ether oxygens (including phenoxy) is 3. The second-order valence-corrected chi connectivity index (χ2v) is 7.42. The number of hydrogen-bond donors (Lipinski definition) is 2. The molecule has 0 aromatic heterocycles. The Morgan fingerprint density at radius 1 is 1.24 bits per heavy atom. The van der Waals surface area contributed by atoms with Crippen molar-refractivity contribution >= 4 is 29.9 Å². The molecule has 1 fully saturated rings. The first-order chi connectivity index (χ1) is 13.7. The molecule has 1 aromatic carbocycles. The van der Waals surface area contributed by atoms with Gasteiger partial charge in [0.15, 0.2) is 5.96 Å². The first-order valence-corrected chi connectivity index (χ1v) is 10.6. The summed E-state index contributed by atoms with van der Waals surface area (Å²) in [6, 6.07) is 8.12. The summed E-state index contributed by atoms with van der Waals surface area (Å²) in [5.74, 6) is 2.39. The molecule has 0 spiro atoms. The summed E-state index contributed by atoms with van der Waals surface area (Å²) < 4.78 is 17.0. The molecule has 6 nitrogen and oxygen atoms in total. The summed E-state index contributed by atoms with van der Waals surface area (Å²) in [5.41, 5.74) is 1.13. The van der Waals surface area contributed by atoms with E-state index in [9.17, 15) is 0 Å². The maximum absolute atomic E-state index is 5.82.